The molecule has 0 amide bonds. The van der Waals surface area contributed by atoms with Crippen molar-refractivity contribution in [1.82, 2.24) is 0 Å². The molecule has 72 valence electrons. The quantitative estimate of drug-likeness (QED) is 0.596. The van der Waals surface area contributed by atoms with Crippen LogP contribution in [0.4, 0.5) is 0 Å². The molecule has 0 aliphatic heterocycles. The molecule has 0 unspecified atom stereocenters. The van der Waals surface area contributed by atoms with Crippen LogP contribution in [-0.2, 0) is 5.33 Å². The number of rotatable bonds is 2. The summed E-state index contributed by atoms with van der Waals surface area (Å²) in [6.45, 7) is 0. The Balaban J connectivity index is 2.88. The molecule has 2 aromatic rings. The lowest BCUT2D eigenvalue weighted by atomic mass is 10.1. The van der Waals surface area contributed by atoms with Gasteiger partial charge in [-0.25, -0.2) is 0 Å². The fourth-order valence-electron chi connectivity index (χ4n) is 1.43. The number of aldehydes is 1. The first-order valence-corrected chi connectivity index (χ1v) is 6.35. The van der Waals surface area contributed by atoms with Crippen LogP contribution < -0.4 is 0 Å². The lowest BCUT2D eigenvalue weighted by Gasteiger charge is -2.04. The second-order valence-electron chi connectivity index (χ2n) is 2.84. The first-order chi connectivity index (χ1) is 6.77. The molecule has 0 spiro atoms. The van der Waals surface area contributed by atoms with E-state index in [9.17, 15) is 4.79 Å². The molecular weight excluding hydrogens is 284 g/mol. The summed E-state index contributed by atoms with van der Waals surface area (Å²) < 4.78 is 1.05. The van der Waals surface area contributed by atoms with Crippen molar-refractivity contribution in [1.29, 1.82) is 0 Å². The zero-order valence-electron chi connectivity index (χ0n) is 7.09. The first kappa shape index (κ1) is 10.1. The molecule has 1 nitrogen and oxygen atoms in total. The highest BCUT2D eigenvalue weighted by molar-refractivity contribution is 9.08. The van der Waals surface area contributed by atoms with Gasteiger partial charge in [0.25, 0.3) is 0 Å². The Hall–Kier alpha value is -0.380. The second-order valence-corrected chi connectivity index (χ2v) is 4.73. The summed E-state index contributed by atoms with van der Waals surface area (Å²) in [4.78, 5) is 10.8. The predicted molar refractivity (Wildman–Crippen MR) is 64.9 cm³/mol. The lowest BCUT2D eigenvalue weighted by molar-refractivity contribution is 0.112. The molecular formula is C10H6BrClOS. The van der Waals surface area contributed by atoms with Crippen LogP contribution in [0.1, 0.15) is 15.9 Å². The molecule has 4 heteroatoms. The lowest BCUT2D eigenvalue weighted by Crippen LogP contribution is -1.90. The first-order valence-electron chi connectivity index (χ1n) is 3.97. The summed E-state index contributed by atoms with van der Waals surface area (Å²) in [5.74, 6) is 0. The van der Waals surface area contributed by atoms with Crippen molar-refractivity contribution in [3.05, 3.63) is 33.7 Å². The zero-order chi connectivity index (χ0) is 10.1. The number of benzene rings is 1. The molecule has 1 aromatic heterocycles. The highest BCUT2D eigenvalue weighted by Crippen LogP contribution is 2.34. The molecule has 1 heterocycles. The van der Waals surface area contributed by atoms with Crippen molar-refractivity contribution in [2.75, 3.05) is 0 Å². The summed E-state index contributed by atoms with van der Waals surface area (Å²) in [5, 5.41) is 4.38. The minimum Gasteiger partial charge on any atom is -0.298 e. The van der Waals surface area contributed by atoms with Crippen molar-refractivity contribution in [2.45, 2.75) is 5.33 Å². The Morgan fingerprint density at radius 2 is 2.36 bits per heavy atom. The van der Waals surface area contributed by atoms with Crippen LogP contribution in [0.25, 0.3) is 10.1 Å². The Morgan fingerprint density at radius 3 is 3.00 bits per heavy atom. The normalized spacial score (nSPS) is 10.7. The Labute approximate surface area is 98.8 Å². The van der Waals surface area contributed by atoms with Gasteiger partial charge in [-0.1, -0.05) is 27.5 Å². The minimum atomic E-state index is 0.654. The third-order valence-corrected chi connectivity index (χ3v) is 4.02. The van der Waals surface area contributed by atoms with E-state index in [4.69, 9.17) is 11.6 Å². The molecule has 0 aliphatic rings. The monoisotopic (exact) mass is 288 g/mol. The van der Waals surface area contributed by atoms with Crippen molar-refractivity contribution in [3.63, 3.8) is 0 Å². The number of thiophene rings is 1. The molecule has 0 bridgehead atoms. The summed E-state index contributed by atoms with van der Waals surface area (Å²) in [5.41, 5.74) is 1.68. The van der Waals surface area contributed by atoms with Gasteiger partial charge in [-0.05, 0) is 28.5 Å². The molecule has 0 saturated carbocycles. The standard InChI is InChI=1S/C10H6BrClOS/c11-4-8-6(5-13)3-9(12)10-7(8)1-2-14-10/h1-3,5H,4H2. The molecule has 0 atom stereocenters. The summed E-state index contributed by atoms with van der Waals surface area (Å²) in [6, 6.07) is 3.72. The van der Waals surface area contributed by atoms with Crippen molar-refractivity contribution >= 4 is 55.2 Å². The Kier molecular flexibility index (Phi) is 2.91. The minimum absolute atomic E-state index is 0.654. The zero-order valence-corrected chi connectivity index (χ0v) is 10.2. The topological polar surface area (TPSA) is 17.1 Å². The average Bonchev–Trinajstić information content (AvgIpc) is 2.66. The van der Waals surface area contributed by atoms with Crippen LogP contribution in [0.2, 0.25) is 5.02 Å². The number of carbonyl (C=O) groups is 1. The van der Waals surface area contributed by atoms with Gasteiger partial charge < -0.3 is 0 Å². The fraction of sp³-hybridized carbons (Fsp3) is 0.100. The van der Waals surface area contributed by atoms with Crippen LogP contribution in [0.5, 0.6) is 0 Å². The van der Waals surface area contributed by atoms with Crippen LogP contribution in [0.15, 0.2) is 17.5 Å². The molecule has 2 rings (SSSR count). The second kappa shape index (κ2) is 4.01. The van der Waals surface area contributed by atoms with E-state index in [0.717, 1.165) is 21.9 Å². The molecule has 0 N–H and O–H groups in total. The SMILES string of the molecule is O=Cc1cc(Cl)c2sccc2c1CBr. The van der Waals surface area contributed by atoms with E-state index in [-0.39, 0.29) is 0 Å². The van der Waals surface area contributed by atoms with Gasteiger partial charge in [0.1, 0.15) is 6.29 Å². The number of hydrogen-bond acceptors (Lipinski definition) is 2. The number of alkyl halides is 1. The van der Waals surface area contributed by atoms with E-state index in [1.54, 1.807) is 17.4 Å². The largest absolute Gasteiger partial charge is 0.298 e. The number of hydrogen-bond donors (Lipinski definition) is 0. The number of halogens is 2. The van der Waals surface area contributed by atoms with E-state index < -0.39 is 0 Å². The number of fused-ring (bicyclic) bond motifs is 1. The predicted octanol–water partition coefficient (Wildman–Crippen LogP) is 4.26. The third-order valence-electron chi connectivity index (χ3n) is 2.10. The van der Waals surface area contributed by atoms with Gasteiger partial charge in [0, 0.05) is 10.9 Å². The molecule has 14 heavy (non-hydrogen) atoms. The molecule has 0 fully saturated rings. The average molecular weight is 290 g/mol. The van der Waals surface area contributed by atoms with Gasteiger partial charge in [0.2, 0.25) is 0 Å². The smallest absolute Gasteiger partial charge is 0.150 e. The molecule has 0 aliphatic carbocycles. The van der Waals surface area contributed by atoms with E-state index >= 15 is 0 Å². The number of carbonyl (C=O) groups excluding carboxylic acids is 1. The van der Waals surface area contributed by atoms with Gasteiger partial charge in [-0.3, -0.25) is 4.79 Å². The van der Waals surface area contributed by atoms with Crippen LogP contribution in [-0.4, -0.2) is 6.29 Å². The maximum Gasteiger partial charge on any atom is 0.150 e. The van der Waals surface area contributed by atoms with Crippen molar-refractivity contribution < 1.29 is 4.79 Å². The van der Waals surface area contributed by atoms with Crippen molar-refractivity contribution in [2.24, 2.45) is 0 Å². The highest BCUT2D eigenvalue weighted by Gasteiger charge is 2.10. The maximum atomic E-state index is 10.8. The molecule has 1 aromatic carbocycles. The highest BCUT2D eigenvalue weighted by atomic mass is 79.9. The van der Waals surface area contributed by atoms with E-state index in [0.29, 0.717) is 15.9 Å². The van der Waals surface area contributed by atoms with Gasteiger partial charge in [0.15, 0.2) is 0 Å². The maximum absolute atomic E-state index is 10.8. The van der Waals surface area contributed by atoms with Crippen LogP contribution in [0, 0.1) is 0 Å². The molecule has 0 saturated heterocycles. The summed E-state index contributed by atoms with van der Waals surface area (Å²) >= 11 is 11.0. The van der Waals surface area contributed by atoms with E-state index in [2.05, 4.69) is 15.9 Å². The van der Waals surface area contributed by atoms with Crippen LogP contribution in [0.3, 0.4) is 0 Å². The van der Waals surface area contributed by atoms with Crippen LogP contribution >= 0.6 is 38.9 Å². The van der Waals surface area contributed by atoms with Crippen molar-refractivity contribution in [3.8, 4) is 0 Å². The molecule has 0 radical (unpaired) electrons. The van der Waals surface area contributed by atoms with E-state index in [1.165, 1.54) is 0 Å². The summed E-state index contributed by atoms with van der Waals surface area (Å²) in [7, 11) is 0. The Bertz CT molecular complexity index is 492. The van der Waals surface area contributed by atoms with E-state index in [1.807, 2.05) is 11.4 Å². The Morgan fingerprint density at radius 1 is 1.57 bits per heavy atom. The fourth-order valence-corrected chi connectivity index (χ4v) is 3.24. The van der Waals surface area contributed by atoms with Gasteiger partial charge in [-0.15, -0.1) is 11.3 Å². The third kappa shape index (κ3) is 1.49. The van der Waals surface area contributed by atoms with Gasteiger partial charge in [-0.2, -0.15) is 0 Å². The van der Waals surface area contributed by atoms with Gasteiger partial charge >= 0.3 is 0 Å². The van der Waals surface area contributed by atoms with Gasteiger partial charge in [0.05, 0.1) is 9.72 Å². The summed E-state index contributed by atoms with van der Waals surface area (Å²) in [6.07, 6.45) is 0.847.